The third-order valence-corrected chi connectivity index (χ3v) is 5.82. The van der Waals surface area contributed by atoms with E-state index in [9.17, 15) is 18.1 Å². The standard InChI is InChI=1S/C17H12ClFN2O4S/c1-24-15-7-16(25-2)13(6-12(15)18)21-9-11(8-20)26(22,23)17-4-3-10(19)5-14(17)21/h3-7,9H,1-2H3. The first kappa shape index (κ1) is 18.0. The van der Waals surface area contributed by atoms with Gasteiger partial charge in [0.1, 0.15) is 23.4 Å². The van der Waals surface area contributed by atoms with Crippen molar-refractivity contribution in [2.45, 2.75) is 4.90 Å². The van der Waals surface area contributed by atoms with Crippen LogP contribution in [0.5, 0.6) is 11.5 Å². The quantitative estimate of drug-likeness (QED) is 0.737. The van der Waals surface area contributed by atoms with Gasteiger partial charge >= 0.3 is 0 Å². The van der Waals surface area contributed by atoms with Gasteiger partial charge in [0.15, 0.2) is 4.91 Å². The molecule has 0 saturated heterocycles. The van der Waals surface area contributed by atoms with Crippen molar-refractivity contribution in [3.63, 3.8) is 0 Å². The van der Waals surface area contributed by atoms with Crippen molar-refractivity contribution >= 4 is 32.8 Å². The highest BCUT2D eigenvalue weighted by Gasteiger charge is 2.33. The van der Waals surface area contributed by atoms with Crippen molar-refractivity contribution < 1.29 is 22.3 Å². The molecule has 134 valence electrons. The average Bonchev–Trinajstić information content (AvgIpc) is 2.61. The van der Waals surface area contributed by atoms with E-state index in [4.69, 9.17) is 21.1 Å². The Kier molecular flexibility index (Phi) is 4.52. The van der Waals surface area contributed by atoms with Gasteiger partial charge in [-0.25, -0.2) is 12.8 Å². The zero-order valence-electron chi connectivity index (χ0n) is 13.7. The summed E-state index contributed by atoms with van der Waals surface area (Å²) in [5, 5.41) is 9.50. The van der Waals surface area contributed by atoms with Gasteiger partial charge in [-0.15, -0.1) is 0 Å². The number of anilines is 2. The third kappa shape index (κ3) is 2.75. The molecule has 0 fully saturated rings. The van der Waals surface area contributed by atoms with Gasteiger partial charge in [-0.1, -0.05) is 11.6 Å². The van der Waals surface area contributed by atoms with Crippen LogP contribution in [-0.2, 0) is 9.84 Å². The summed E-state index contributed by atoms with van der Waals surface area (Å²) in [6, 6.07) is 7.87. The largest absolute Gasteiger partial charge is 0.495 e. The fraction of sp³-hybridized carbons (Fsp3) is 0.118. The van der Waals surface area contributed by atoms with E-state index in [1.54, 1.807) is 6.07 Å². The zero-order chi connectivity index (χ0) is 19.1. The molecule has 9 heteroatoms. The molecule has 2 aromatic carbocycles. The number of methoxy groups -OCH3 is 2. The Hall–Kier alpha value is -2.76. The van der Waals surface area contributed by atoms with E-state index in [2.05, 4.69) is 0 Å². The van der Waals surface area contributed by atoms with Gasteiger partial charge in [0, 0.05) is 12.3 Å². The molecular weight excluding hydrogens is 383 g/mol. The first-order valence-electron chi connectivity index (χ1n) is 7.20. The maximum absolute atomic E-state index is 13.8. The molecule has 0 spiro atoms. The molecule has 26 heavy (non-hydrogen) atoms. The SMILES string of the molecule is COc1cc(OC)c(N2C=C(C#N)S(=O)(=O)c3ccc(F)cc32)cc1Cl. The molecule has 0 radical (unpaired) electrons. The molecule has 1 heterocycles. The number of benzene rings is 2. The Labute approximate surface area is 154 Å². The van der Waals surface area contributed by atoms with Crippen LogP contribution >= 0.6 is 11.6 Å². The van der Waals surface area contributed by atoms with Crippen LogP contribution in [-0.4, -0.2) is 22.6 Å². The van der Waals surface area contributed by atoms with Crippen LogP contribution in [0.3, 0.4) is 0 Å². The topological polar surface area (TPSA) is 79.6 Å². The third-order valence-electron chi connectivity index (χ3n) is 3.83. The van der Waals surface area contributed by atoms with Crippen molar-refractivity contribution in [2.24, 2.45) is 0 Å². The molecule has 0 amide bonds. The molecule has 0 unspecified atom stereocenters. The highest BCUT2D eigenvalue weighted by Crippen LogP contribution is 2.45. The lowest BCUT2D eigenvalue weighted by Gasteiger charge is -2.29. The lowest BCUT2D eigenvalue weighted by Crippen LogP contribution is -2.22. The Morgan fingerprint density at radius 3 is 2.42 bits per heavy atom. The van der Waals surface area contributed by atoms with Crippen LogP contribution in [0.15, 0.2) is 46.3 Å². The maximum atomic E-state index is 13.8. The Morgan fingerprint density at radius 2 is 1.81 bits per heavy atom. The van der Waals surface area contributed by atoms with Gasteiger partial charge in [0.2, 0.25) is 9.84 Å². The number of halogens is 2. The van der Waals surface area contributed by atoms with Gasteiger partial charge in [-0.2, -0.15) is 5.26 Å². The predicted octanol–water partition coefficient (Wildman–Crippen LogP) is 3.79. The number of nitriles is 1. The molecule has 2 aromatic rings. The molecule has 3 rings (SSSR count). The molecule has 0 N–H and O–H groups in total. The lowest BCUT2D eigenvalue weighted by molar-refractivity contribution is 0.395. The van der Waals surface area contributed by atoms with Crippen molar-refractivity contribution in [2.75, 3.05) is 19.1 Å². The van der Waals surface area contributed by atoms with Gasteiger partial charge in [0.05, 0.1) is 35.5 Å². The molecule has 0 atom stereocenters. The normalized spacial score (nSPS) is 14.9. The minimum Gasteiger partial charge on any atom is -0.495 e. The zero-order valence-corrected chi connectivity index (χ0v) is 15.2. The molecule has 6 nitrogen and oxygen atoms in total. The Bertz CT molecular complexity index is 1080. The smallest absolute Gasteiger partial charge is 0.220 e. The van der Waals surface area contributed by atoms with Crippen LogP contribution < -0.4 is 14.4 Å². The number of hydrogen-bond donors (Lipinski definition) is 0. The second-order valence-corrected chi connectivity index (χ2v) is 7.54. The second kappa shape index (κ2) is 6.52. The minimum atomic E-state index is -4.04. The molecule has 0 aromatic heterocycles. The van der Waals surface area contributed by atoms with E-state index in [1.807, 2.05) is 0 Å². The lowest BCUT2D eigenvalue weighted by atomic mass is 10.2. The predicted molar refractivity (Wildman–Crippen MR) is 94.0 cm³/mol. The van der Waals surface area contributed by atoms with E-state index >= 15 is 0 Å². The second-order valence-electron chi connectivity index (χ2n) is 5.25. The first-order valence-corrected chi connectivity index (χ1v) is 9.07. The van der Waals surface area contributed by atoms with Crippen LogP contribution in [0, 0.1) is 17.1 Å². The maximum Gasteiger partial charge on any atom is 0.220 e. The minimum absolute atomic E-state index is 0.0449. The summed E-state index contributed by atoms with van der Waals surface area (Å²) in [4.78, 5) is 0.680. The van der Waals surface area contributed by atoms with Crippen LogP contribution in [0.2, 0.25) is 5.02 Å². The monoisotopic (exact) mass is 394 g/mol. The number of ether oxygens (including phenoxy) is 2. The molecule has 1 aliphatic heterocycles. The van der Waals surface area contributed by atoms with E-state index in [0.717, 1.165) is 24.4 Å². The summed E-state index contributed by atoms with van der Waals surface area (Å²) in [6.07, 6.45) is 1.11. The molecule has 0 bridgehead atoms. The number of sulfone groups is 1. The summed E-state index contributed by atoms with van der Waals surface area (Å²) in [6.45, 7) is 0. The number of hydrogen-bond acceptors (Lipinski definition) is 6. The average molecular weight is 395 g/mol. The van der Waals surface area contributed by atoms with Crippen molar-refractivity contribution in [3.05, 3.63) is 52.3 Å². The van der Waals surface area contributed by atoms with Crippen LogP contribution in [0.25, 0.3) is 0 Å². The van der Waals surface area contributed by atoms with Crippen LogP contribution in [0.4, 0.5) is 15.8 Å². The number of fused-ring (bicyclic) bond motifs is 1. The number of rotatable bonds is 3. The van der Waals surface area contributed by atoms with Crippen molar-refractivity contribution in [1.82, 2.24) is 0 Å². The van der Waals surface area contributed by atoms with E-state index in [-0.39, 0.29) is 15.6 Å². The molecule has 0 aliphatic carbocycles. The summed E-state index contributed by atoms with van der Waals surface area (Å²) >= 11 is 6.18. The summed E-state index contributed by atoms with van der Waals surface area (Å²) in [7, 11) is -1.19. The van der Waals surface area contributed by atoms with Gasteiger partial charge in [0.25, 0.3) is 0 Å². The molecular formula is C17H12ClFN2O4S. The van der Waals surface area contributed by atoms with E-state index < -0.39 is 20.6 Å². The van der Waals surface area contributed by atoms with E-state index in [1.165, 1.54) is 31.3 Å². The molecule has 0 saturated carbocycles. The summed E-state index contributed by atoms with van der Waals surface area (Å²) in [5.74, 6) is 0.0199. The number of allylic oxidation sites excluding steroid dienone is 1. The summed E-state index contributed by atoms with van der Waals surface area (Å²) < 4.78 is 49.3. The van der Waals surface area contributed by atoms with Crippen molar-refractivity contribution in [3.8, 4) is 17.6 Å². The van der Waals surface area contributed by atoms with Gasteiger partial charge in [-0.05, 0) is 24.3 Å². The van der Waals surface area contributed by atoms with Crippen LogP contribution in [0.1, 0.15) is 0 Å². The van der Waals surface area contributed by atoms with Gasteiger partial charge in [-0.3, -0.25) is 0 Å². The highest BCUT2D eigenvalue weighted by atomic mass is 35.5. The first-order chi connectivity index (χ1) is 12.3. The van der Waals surface area contributed by atoms with Crippen molar-refractivity contribution in [1.29, 1.82) is 5.26 Å². The number of nitrogens with zero attached hydrogens (tertiary/aromatic N) is 2. The highest BCUT2D eigenvalue weighted by molar-refractivity contribution is 7.95. The Morgan fingerprint density at radius 1 is 1.12 bits per heavy atom. The summed E-state index contributed by atoms with van der Waals surface area (Å²) in [5.41, 5.74) is 0.372. The van der Waals surface area contributed by atoms with Gasteiger partial charge < -0.3 is 14.4 Å². The fourth-order valence-corrected chi connectivity index (χ4v) is 4.12. The van der Waals surface area contributed by atoms with E-state index in [0.29, 0.717) is 17.2 Å². The fourth-order valence-electron chi connectivity index (χ4n) is 2.60. The molecule has 1 aliphatic rings. The Balaban J connectivity index is 2.34.